The minimum Gasteiger partial charge on any atom is -0.354 e. The molecule has 1 unspecified atom stereocenters. The predicted octanol–water partition coefficient (Wildman–Crippen LogP) is 4.17. The van der Waals surface area contributed by atoms with Gasteiger partial charge in [0.1, 0.15) is 17.3 Å². The molecule has 6 rings (SSSR count). The fraction of sp³-hybridized carbons (Fsp3) is 0.370. The van der Waals surface area contributed by atoms with Crippen molar-refractivity contribution >= 4 is 16.7 Å². The Balaban J connectivity index is 1.37. The van der Waals surface area contributed by atoms with Crippen LogP contribution in [0.4, 0.5) is 10.2 Å². The summed E-state index contributed by atoms with van der Waals surface area (Å²) in [6.07, 6.45) is 6.58. The molecule has 0 radical (unpaired) electrons. The Morgan fingerprint density at radius 1 is 1.06 bits per heavy atom. The largest absolute Gasteiger partial charge is 0.354 e. The van der Waals surface area contributed by atoms with Gasteiger partial charge in [-0.2, -0.15) is 5.10 Å². The fourth-order valence-electron chi connectivity index (χ4n) is 5.47. The zero-order chi connectivity index (χ0) is 23.9. The average Bonchev–Trinajstić information content (AvgIpc) is 3.32. The molecule has 35 heavy (non-hydrogen) atoms. The third-order valence-corrected chi connectivity index (χ3v) is 7.49. The number of fused-ring (bicyclic) bond motifs is 2. The molecule has 2 N–H and O–H groups in total. The van der Waals surface area contributed by atoms with Crippen molar-refractivity contribution in [3.8, 4) is 22.5 Å². The van der Waals surface area contributed by atoms with Crippen LogP contribution >= 0.6 is 0 Å². The van der Waals surface area contributed by atoms with Crippen molar-refractivity contribution in [3.05, 3.63) is 59.7 Å². The second-order valence-corrected chi connectivity index (χ2v) is 9.61. The highest BCUT2D eigenvalue weighted by atomic mass is 19.1. The highest BCUT2D eigenvalue weighted by Crippen LogP contribution is 2.38. The Labute approximate surface area is 204 Å². The smallest absolute Gasteiger partial charge is 0.132 e. The number of aromatic nitrogens is 4. The second-order valence-electron chi connectivity index (χ2n) is 9.61. The Kier molecular flexibility index (Phi) is 5.70. The summed E-state index contributed by atoms with van der Waals surface area (Å²) in [4.78, 5) is 14.0. The maximum Gasteiger partial charge on any atom is 0.132 e. The summed E-state index contributed by atoms with van der Waals surface area (Å²) in [5.41, 5.74) is 6.05. The topological polar surface area (TPSA) is 73.0 Å². The highest BCUT2D eigenvalue weighted by molar-refractivity contribution is 5.94. The molecule has 2 aliphatic rings. The van der Waals surface area contributed by atoms with Crippen molar-refractivity contribution < 1.29 is 4.39 Å². The number of pyridine rings is 2. The number of benzene rings is 1. The number of piperazine rings is 1. The van der Waals surface area contributed by atoms with Crippen molar-refractivity contribution in [1.82, 2.24) is 30.4 Å². The first kappa shape index (κ1) is 22.1. The van der Waals surface area contributed by atoms with Gasteiger partial charge in [0.2, 0.25) is 0 Å². The quantitative estimate of drug-likeness (QED) is 0.465. The van der Waals surface area contributed by atoms with E-state index in [1.54, 1.807) is 12.3 Å². The maximum absolute atomic E-state index is 15.2. The zero-order valence-corrected chi connectivity index (χ0v) is 20.2. The lowest BCUT2D eigenvalue weighted by Crippen LogP contribution is -2.44. The van der Waals surface area contributed by atoms with Crippen LogP contribution in [0, 0.1) is 5.82 Å². The molecule has 180 valence electrons. The van der Waals surface area contributed by atoms with Gasteiger partial charge in [0.05, 0.1) is 17.4 Å². The molecular weight excluding hydrogens is 441 g/mol. The molecule has 1 aliphatic heterocycles. The molecule has 3 aromatic heterocycles. The van der Waals surface area contributed by atoms with E-state index in [0.29, 0.717) is 11.3 Å². The molecule has 0 bridgehead atoms. The van der Waals surface area contributed by atoms with Crippen LogP contribution in [-0.2, 0) is 6.42 Å². The van der Waals surface area contributed by atoms with Crippen LogP contribution in [0.1, 0.15) is 30.0 Å². The summed E-state index contributed by atoms with van der Waals surface area (Å²) in [6, 6.07) is 9.84. The first-order valence-corrected chi connectivity index (χ1v) is 12.4. The number of hydrogen-bond donors (Lipinski definition) is 2. The van der Waals surface area contributed by atoms with Gasteiger partial charge in [-0.25, -0.2) is 9.37 Å². The van der Waals surface area contributed by atoms with Crippen LogP contribution in [-0.4, -0.2) is 65.3 Å². The lowest BCUT2D eigenvalue weighted by molar-refractivity contribution is 0.312. The number of likely N-dealkylation sites (N-methyl/N-ethyl adjacent to an activating group) is 1. The first-order chi connectivity index (χ1) is 17.1. The Bertz CT molecular complexity index is 1360. The van der Waals surface area contributed by atoms with Crippen LogP contribution in [0.2, 0.25) is 0 Å². The number of anilines is 1. The molecule has 0 amide bonds. The number of hydrogen-bond acceptors (Lipinski definition) is 6. The lowest BCUT2D eigenvalue weighted by Gasteiger charge is -2.33. The minimum atomic E-state index is -0.226. The van der Waals surface area contributed by atoms with Gasteiger partial charge in [-0.15, -0.1) is 0 Å². The Morgan fingerprint density at radius 2 is 1.91 bits per heavy atom. The molecule has 7 nitrogen and oxygen atoms in total. The van der Waals surface area contributed by atoms with Gasteiger partial charge in [0.25, 0.3) is 0 Å². The summed E-state index contributed by atoms with van der Waals surface area (Å²) in [5, 5.41) is 11.9. The monoisotopic (exact) mass is 471 g/mol. The van der Waals surface area contributed by atoms with Gasteiger partial charge >= 0.3 is 0 Å². The predicted molar refractivity (Wildman–Crippen MR) is 137 cm³/mol. The van der Waals surface area contributed by atoms with E-state index >= 15 is 4.39 Å². The van der Waals surface area contributed by atoms with E-state index in [-0.39, 0.29) is 11.9 Å². The Hall–Kier alpha value is -3.36. The molecule has 1 aliphatic carbocycles. The molecule has 4 aromatic rings. The molecule has 1 atom stereocenters. The third-order valence-electron chi connectivity index (χ3n) is 7.49. The zero-order valence-electron chi connectivity index (χ0n) is 20.2. The maximum atomic E-state index is 15.2. The van der Waals surface area contributed by atoms with Crippen LogP contribution in [0.25, 0.3) is 33.4 Å². The van der Waals surface area contributed by atoms with Gasteiger partial charge in [-0.3, -0.25) is 10.1 Å². The van der Waals surface area contributed by atoms with E-state index in [0.717, 1.165) is 79.0 Å². The third kappa shape index (κ3) is 3.96. The molecular formula is C27H30FN7. The van der Waals surface area contributed by atoms with Gasteiger partial charge in [-0.05, 0) is 68.8 Å². The van der Waals surface area contributed by atoms with Gasteiger partial charge in [0.15, 0.2) is 0 Å². The van der Waals surface area contributed by atoms with E-state index in [2.05, 4.69) is 49.5 Å². The Morgan fingerprint density at radius 3 is 2.69 bits per heavy atom. The molecule has 4 heterocycles. The van der Waals surface area contributed by atoms with E-state index < -0.39 is 0 Å². The molecule has 0 spiro atoms. The molecule has 0 saturated carbocycles. The van der Waals surface area contributed by atoms with Crippen molar-refractivity contribution in [3.63, 3.8) is 0 Å². The fourth-order valence-corrected chi connectivity index (χ4v) is 5.47. The summed E-state index contributed by atoms with van der Waals surface area (Å²) in [7, 11) is 4.11. The first-order valence-electron chi connectivity index (χ1n) is 12.4. The van der Waals surface area contributed by atoms with Gasteiger partial charge in [-0.1, -0.05) is 6.07 Å². The average molecular weight is 472 g/mol. The molecule has 8 heteroatoms. The summed E-state index contributed by atoms with van der Waals surface area (Å²) < 4.78 is 15.2. The van der Waals surface area contributed by atoms with Gasteiger partial charge < -0.3 is 15.1 Å². The number of nitrogens with zero attached hydrogens (tertiary/aromatic N) is 5. The van der Waals surface area contributed by atoms with Crippen LogP contribution in [0.5, 0.6) is 0 Å². The van der Waals surface area contributed by atoms with E-state index in [1.807, 2.05) is 25.4 Å². The van der Waals surface area contributed by atoms with Crippen molar-refractivity contribution in [2.75, 3.05) is 45.2 Å². The van der Waals surface area contributed by atoms with Crippen molar-refractivity contribution in [2.24, 2.45) is 0 Å². The standard InChI is InChI=1S/C27H30FN7/c1-29-22-5-3-4-19-18(22)7-8-21(28)26(19)23-14-20-24(16-30-23)32-33-27(20)17-6-9-25(31-15-17)35-12-10-34(2)11-13-35/h6-9,14-16,22,29H,3-5,10-13H2,1-2H3,(H,32,33). The molecule has 1 fully saturated rings. The molecule has 1 aromatic carbocycles. The van der Waals surface area contributed by atoms with E-state index in [9.17, 15) is 0 Å². The summed E-state index contributed by atoms with van der Waals surface area (Å²) in [6.45, 7) is 4.03. The lowest BCUT2D eigenvalue weighted by atomic mass is 9.83. The second kappa shape index (κ2) is 9.02. The SMILES string of the molecule is CNC1CCCc2c1ccc(F)c2-c1cc2c(-c3ccc(N4CCN(C)CC4)nc3)n[nH]c2cn1. The summed E-state index contributed by atoms with van der Waals surface area (Å²) in [5.74, 6) is 0.761. The minimum absolute atomic E-state index is 0.226. The number of halogens is 1. The number of aromatic amines is 1. The normalized spacial score (nSPS) is 18.7. The summed E-state index contributed by atoms with van der Waals surface area (Å²) >= 11 is 0. The van der Waals surface area contributed by atoms with Gasteiger partial charge in [0, 0.05) is 54.9 Å². The van der Waals surface area contributed by atoms with Crippen molar-refractivity contribution in [2.45, 2.75) is 25.3 Å². The van der Waals surface area contributed by atoms with E-state index in [1.165, 1.54) is 5.56 Å². The molecule has 1 saturated heterocycles. The number of H-pyrrole nitrogens is 1. The van der Waals surface area contributed by atoms with Crippen LogP contribution < -0.4 is 10.2 Å². The van der Waals surface area contributed by atoms with Crippen molar-refractivity contribution in [1.29, 1.82) is 0 Å². The highest BCUT2D eigenvalue weighted by Gasteiger charge is 2.25. The van der Waals surface area contributed by atoms with Crippen LogP contribution in [0.3, 0.4) is 0 Å². The number of rotatable bonds is 4. The van der Waals surface area contributed by atoms with Crippen LogP contribution in [0.15, 0.2) is 42.7 Å². The van der Waals surface area contributed by atoms with E-state index in [4.69, 9.17) is 4.98 Å². The number of nitrogens with one attached hydrogen (secondary N) is 2.